The highest BCUT2D eigenvalue weighted by Gasteiger charge is 2.54. The summed E-state index contributed by atoms with van der Waals surface area (Å²) in [4.78, 5) is 44.9. The molecular formula is C31H31FN4O3. The Labute approximate surface area is 227 Å². The molecule has 2 fully saturated rings. The van der Waals surface area contributed by atoms with Crippen LogP contribution in [-0.4, -0.2) is 59.4 Å². The van der Waals surface area contributed by atoms with E-state index in [1.807, 2.05) is 60.7 Å². The summed E-state index contributed by atoms with van der Waals surface area (Å²) in [7, 11) is 0. The van der Waals surface area contributed by atoms with Gasteiger partial charge in [0, 0.05) is 31.4 Å². The Hall–Kier alpha value is -4.46. The van der Waals surface area contributed by atoms with Crippen LogP contribution in [0.15, 0.2) is 91.0 Å². The lowest BCUT2D eigenvalue weighted by Gasteiger charge is -2.43. The smallest absolute Gasteiger partial charge is 0.250 e. The topological polar surface area (TPSA) is 73.0 Å². The molecule has 1 spiro atoms. The monoisotopic (exact) mass is 526 g/mol. The van der Waals surface area contributed by atoms with E-state index in [0.29, 0.717) is 25.9 Å². The maximum Gasteiger partial charge on any atom is 0.250 e. The predicted molar refractivity (Wildman–Crippen MR) is 148 cm³/mol. The fraction of sp³-hybridized carbons (Fsp3) is 0.258. The van der Waals surface area contributed by atoms with Gasteiger partial charge in [-0.05, 0) is 54.3 Å². The van der Waals surface area contributed by atoms with E-state index in [0.717, 1.165) is 16.8 Å². The van der Waals surface area contributed by atoms with Gasteiger partial charge in [0.2, 0.25) is 11.8 Å². The summed E-state index contributed by atoms with van der Waals surface area (Å²) in [5.74, 6) is -0.798. The predicted octanol–water partition coefficient (Wildman–Crippen LogP) is 3.82. The third-order valence-corrected chi connectivity index (χ3v) is 7.44. The van der Waals surface area contributed by atoms with Crippen LogP contribution in [0.1, 0.15) is 24.0 Å². The first kappa shape index (κ1) is 26.2. The van der Waals surface area contributed by atoms with Crippen LogP contribution in [0.5, 0.6) is 0 Å². The molecule has 7 nitrogen and oxygen atoms in total. The molecule has 2 aliphatic rings. The van der Waals surface area contributed by atoms with Crippen molar-refractivity contribution in [2.45, 2.75) is 24.9 Å². The number of rotatable bonds is 7. The Balaban J connectivity index is 1.26. The second-order valence-electron chi connectivity index (χ2n) is 9.91. The number of anilines is 1. The van der Waals surface area contributed by atoms with E-state index in [1.54, 1.807) is 34.1 Å². The molecule has 0 atom stereocenters. The van der Waals surface area contributed by atoms with Crippen LogP contribution in [0.4, 0.5) is 10.1 Å². The Morgan fingerprint density at radius 2 is 1.54 bits per heavy atom. The zero-order chi connectivity index (χ0) is 27.2. The van der Waals surface area contributed by atoms with E-state index in [-0.39, 0.29) is 43.3 Å². The highest BCUT2D eigenvalue weighted by molar-refractivity contribution is 5.97. The standard InChI is InChI=1S/C31H31FN4O3/c32-26-14-11-25(12-15-26)21-33-28(37)22-35-23-36(27-9-5-2-6-10-27)31(30(35)39)17-19-34(20-18-31)29(38)16-13-24-7-3-1-4-8-24/h1-16H,17-23H2,(H,33,37)/b16-13+. The van der Waals surface area contributed by atoms with E-state index < -0.39 is 5.54 Å². The molecule has 2 aliphatic heterocycles. The fourth-order valence-electron chi connectivity index (χ4n) is 5.29. The van der Waals surface area contributed by atoms with Gasteiger partial charge >= 0.3 is 0 Å². The molecule has 1 N–H and O–H groups in total. The first-order chi connectivity index (χ1) is 18.9. The molecule has 0 unspecified atom stereocenters. The number of hydrogen-bond acceptors (Lipinski definition) is 4. The van der Waals surface area contributed by atoms with E-state index >= 15 is 0 Å². The van der Waals surface area contributed by atoms with Gasteiger partial charge in [0.15, 0.2) is 0 Å². The maximum atomic E-state index is 13.8. The normalized spacial score (nSPS) is 16.7. The van der Waals surface area contributed by atoms with Gasteiger partial charge < -0.3 is 20.0 Å². The third-order valence-electron chi connectivity index (χ3n) is 7.44. The third kappa shape index (κ3) is 5.85. The molecule has 3 amide bonds. The van der Waals surface area contributed by atoms with Crippen LogP contribution in [0.2, 0.25) is 0 Å². The second-order valence-corrected chi connectivity index (χ2v) is 9.91. The van der Waals surface area contributed by atoms with E-state index in [4.69, 9.17) is 0 Å². The number of para-hydroxylation sites is 1. The van der Waals surface area contributed by atoms with Crippen molar-refractivity contribution in [3.8, 4) is 0 Å². The first-order valence-electron chi connectivity index (χ1n) is 13.1. The molecule has 200 valence electrons. The molecule has 2 saturated heterocycles. The van der Waals surface area contributed by atoms with E-state index in [1.165, 1.54) is 12.1 Å². The maximum absolute atomic E-state index is 13.8. The number of carbonyl (C=O) groups is 3. The molecule has 2 heterocycles. The Morgan fingerprint density at radius 3 is 2.21 bits per heavy atom. The Bertz CT molecular complexity index is 1340. The zero-order valence-electron chi connectivity index (χ0n) is 21.6. The number of likely N-dealkylation sites (tertiary alicyclic amines) is 1. The summed E-state index contributed by atoms with van der Waals surface area (Å²) in [5.41, 5.74) is 1.81. The minimum atomic E-state index is -0.821. The van der Waals surface area contributed by atoms with Gasteiger partial charge in [-0.15, -0.1) is 0 Å². The molecule has 0 radical (unpaired) electrons. The number of benzene rings is 3. The summed E-state index contributed by atoms with van der Waals surface area (Å²) >= 11 is 0. The largest absolute Gasteiger partial charge is 0.350 e. The SMILES string of the molecule is O=C(CN1CN(c2ccccc2)C2(CCN(C(=O)/C=C/c3ccccc3)CC2)C1=O)NCc1ccc(F)cc1. The fourth-order valence-corrected chi connectivity index (χ4v) is 5.29. The van der Waals surface area contributed by atoms with Crippen molar-refractivity contribution in [3.05, 3.63) is 108 Å². The van der Waals surface area contributed by atoms with Crippen molar-refractivity contribution in [2.24, 2.45) is 0 Å². The highest BCUT2D eigenvalue weighted by atomic mass is 19.1. The summed E-state index contributed by atoms with van der Waals surface area (Å²) in [6.07, 6.45) is 4.32. The number of hydrogen-bond donors (Lipinski definition) is 1. The van der Waals surface area contributed by atoms with Crippen LogP contribution >= 0.6 is 0 Å². The Kier molecular flexibility index (Phi) is 7.72. The van der Waals surface area contributed by atoms with Gasteiger partial charge in [-0.25, -0.2) is 4.39 Å². The second kappa shape index (κ2) is 11.5. The lowest BCUT2D eigenvalue weighted by atomic mass is 9.85. The van der Waals surface area contributed by atoms with Gasteiger partial charge in [0.25, 0.3) is 5.91 Å². The van der Waals surface area contributed by atoms with Crippen molar-refractivity contribution in [2.75, 3.05) is 31.2 Å². The van der Waals surface area contributed by atoms with Crippen LogP contribution in [0.3, 0.4) is 0 Å². The van der Waals surface area contributed by atoms with Crippen molar-refractivity contribution < 1.29 is 18.8 Å². The van der Waals surface area contributed by atoms with Gasteiger partial charge in [0.1, 0.15) is 17.9 Å². The van der Waals surface area contributed by atoms with E-state index in [9.17, 15) is 18.8 Å². The number of piperidine rings is 1. The van der Waals surface area contributed by atoms with E-state index in [2.05, 4.69) is 10.2 Å². The molecule has 0 bridgehead atoms. The minimum Gasteiger partial charge on any atom is -0.350 e. The van der Waals surface area contributed by atoms with Crippen LogP contribution in [-0.2, 0) is 20.9 Å². The quantitative estimate of drug-likeness (QED) is 0.475. The van der Waals surface area contributed by atoms with Crippen LogP contribution < -0.4 is 10.2 Å². The molecule has 8 heteroatoms. The van der Waals surface area contributed by atoms with Crippen molar-refractivity contribution >= 4 is 29.5 Å². The average molecular weight is 527 g/mol. The van der Waals surface area contributed by atoms with Gasteiger partial charge in [-0.1, -0.05) is 60.7 Å². The lowest BCUT2D eigenvalue weighted by Crippen LogP contribution is -2.57. The van der Waals surface area contributed by atoms with Gasteiger partial charge in [-0.2, -0.15) is 0 Å². The molecule has 39 heavy (non-hydrogen) atoms. The molecule has 5 rings (SSSR count). The summed E-state index contributed by atoms with van der Waals surface area (Å²) in [5, 5.41) is 2.83. The zero-order valence-corrected chi connectivity index (χ0v) is 21.6. The lowest BCUT2D eigenvalue weighted by molar-refractivity contribution is -0.138. The van der Waals surface area contributed by atoms with Crippen LogP contribution in [0.25, 0.3) is 6.08 Å². The molecular weight excluding hydrogens is 495 g/mol. The average Bonchev–Trinajstić information content (AvgIpc) is 3.23. The highest BCUT2D eigenvalue weighted by Crippen LogP contribution is 2.39. The molecule has 3 aromatic rings. The number of carbonyl (C=O) groups excluding carboxylic acids is 3. The molecule has 0 saturated carbocycles. The van der Waals surface area contributed by atoms with Crippen molar-refractivity contribution in [1.82, 2.24) is 15.1 Å². The van der Waals surface area contributed by atoms with Crippen LogP contribution in [0, 0.1) is 5.82 Å². The number of halogens is 1. The minimum absolute atomic E-state index is 0.0758. The number of amides is 3. The molecule has 0 aromatic heterocycles. The summed E-state index contributed by atoms with van der Waals surface area (Å²) < 4.78 is 13.2. The summed E-state index contributed by atoms with van der Waals surface area (Å²) in [6, 6.07) is 25.3. The van der Waals surface area contributed by atoms with Crippen molar-refractivity contribution in [3.63, 3.8) is 0 Å². The van der Waals surface area contributed by atoms with Crippen molar-refractivity contribution in [1.29, 1.82) is 0 Å². The van der Waals surface area contributed by atoms with Gasteiger partial charge in [-0.3, -0.25) is 14.4 Å². The van der Waals surface area contributed by atoms with Gasteiger partial charge in [0.05, 0.1) is 6.67 Å². The first-order valence-corrected chi connectivity index (χ1v) is 13.1. The molecule has 3 aromatic carbocycles. The number of nitrogens with zero attached hydrogens (tertiary/aromatic N) is 3. The summed E-state index contributed by atoms with van der Waals surface area (Å²) in [6.45, 7) is 1.35. The Morgan fingerprint density at radius 1 is 0.897 bits per heavy atom. The molecule has 0 aliphatic carbocycles. The number of nitrogens with one attached hydrogen (secondary N) is 1.